The maximum Gasteiger partial charge on any atom is 0.337 e. The molecule has 0 aliphatic carbocycles. The van der Waals surface area contributed by atoms with Crippen molar-refractivity contribution < 1.29 is 14.3 Å². The number of para-hydroxylation sites is 2. The van der Waals surface area contributed by atoms with E-state index in [0.29, 0.717) is 28.7 Å². The van der Waals surface area contributed by atoms with Crippen LogP contribution in [0.1, 0.15) is 27.0 Å². The van der Waals surface area contributed by atoms with Crippen LogP contribution in [0.15, 0.2) is 125 Å². The minimum atomic E-state index is -0.360. The molecule has 2 heterocycles. The van der Waals surface area contributed by atoms with Gasteiger partial charge in [0.2, 0.25) is 0 Å². The average molecular weight is 572 g/mol. The van der Waals surface area contributed by atoms with Gasteiger partial charge in [0.25, 0.3) is 5.91 Å². The molecule has 1 fully saturated rings. The van der Waals surface area contributed by atoms with E-state index in [9.17, 15) is 9.59 Å². The minimum Gasteiger partial charge on any atom is -0.465 e. The standard InChI is InChI=1S/C35H29N3O3S/c1-41-34(40)27-14-10-13-26(21-27)23-37-24-28(30-17-8-9-18-31(30)37)22-32-33(39)38(20-19-25-11-4-2-5-12-25)35(42-32)36-29-15-6-3-7-16-29/h2-18,21-22,24H,19-20,23H2,1H3/b32-22-,36-35?. The van der Waals surface area contributed by atoms with Crippen LogP contribution in [0.25, 0.3) is 17.0 Å². The summed E-state index contributed by atoms with van der Waals surface area (Å²) >= 11 is 1.41. The Balaban J connectivity index is 1.33. The quantitative estimate of drug-likeness (QED) is 0.145. The number of benzene rings is 4. The van der Waals surface area contributed by atoms with Gasteiger partial charge in [-0.25, -0.2) is 9.79 Å². The number of methoxy groups -OCH3 is 1. The molecule has 4 aromatic carbocycles. The molecule has 6 nitrogen and oxygen atoms in total. The van der Waals surface area contributed by atoms with Gasteiger partial charge < -0.3 is 9.30 Å². The lowest BCUT2D eigenvalue weighted by molar-refractivity contribution is -0.122. The van der Waals surface area contributed by atoms with Crippen LogP contribution >= 0.6 is 11.8 Å². The third kappa shape index (κ3) is 5.92. The second kappa shape index (κ2) is 12.3. The molecular formula is C35H29N3O3S. The monoisotopic (exact) mass is 571 g/mol. The highest BCUT2D eigenvalue weighted by Gasteiger charge is 2.33. The molecule has 5 aromatic rings. The summed E-state index contributed by atoms with van der Waals surface area (Å²) in [5.41, 5.74) is 5.48. The van der Waals surface area contributed by atoms with Gasteiger partial charge >= 0.3 is 5.97 Å². The maximum atomic E-state index is 13.8. The van der Waals surface area contributed by atoms with Gasteiger partial charge in [0.1, 0.15) is 0 Å². The number of hydrogen-bond acceptors (Lipinski definition) is 5. The third-order valence-corrected chi connectivity index (χ3v) is 8.15. The molecule has 0 radical (unpaired) electrons. The summed E-state index contributed by atoms with van der Waals surface area (Å²) in [5, 5.41) is 1.73. The van der Waals surface area contributed by atoms with Gasteiger partial charge in [0.15, 0.2) is 5.17 Å². The molecule has 1 aliphatic heterocycles. The molecule has 0 atom stereocenters. The van der Waals surface area contributed by atoms with Crippen molar-refractivity contribution >= 4 is 51.5 Å². The zero-order valence-corrected chi connectivity index (χ0v) is 24.0. The van der Waals surface area contributed by atoms with Crippen LogP contribution in [-0.4, -0.2) is 40.2 Å². The lowest BCUT2D eigenvalue weighted by Crippen LogP contribution is -2.31. The lowest BCUT2D eigenvalue weighted by atomic mass is 10.1. The highest BCUT2D eigenvalue weighted by molar-refractivity contribution is 8.18. The van der Waals surface area contributed by atoms with E-state index < -0.39 is 0 Å². The maximum absolute atomic E-state index is 13.8. The predicted octanol–water partition coefficient (Wildman–Crippen LogP) is 7.32. The summed E-state index contributed by atoms with van der Waals surface area (Å²) in [7, 11) is 1.38. The zero-order valence-electron chi connectivity index (χ0n) is 23.1. The molecule has 1 amide bonds. The Morgan fingerprint density at radius 3 is 2.38 bits per heavy atom. The van der Waals surface area contributed by atoms with Gasteiger partial charge in [0, 0.05) is 35.8 Å². The number of thioether (sulfide) groups is 1. The Hall–Kier alpha value is -4.88. The van der Waals surface area contributed by atoms with Crippen molar-refractivity contribution in [1.29, 1.82) is 0 Å². The highest BCUT2D eigenvalue weighted by atomic mass is 32.2. The Morgan fingerprint density at radius 2 is 1.60 bits per heavy atom. The fourth-order valence-corrected chi connectivity index (χ4v) is 6.08. The Kier molecular flexibility index (Phi) is 8.01. The fraction of sp³-hybridized carbons (Fsp3) is 0.114. The largest absolute Gasteiger partial charge is 0.465 e. The molecule has 1 aromatic heterocycles. The smallest absolute Gasteiger partial charge is 0.337 e. The van der Waals surface area contributed by atoms with E-state index in [1.54, 1.807) is 11.0 Å². The second-order valence-corrected chi connectivity index (χ2v) is 11.0. The van der Waals surface area contributed by atoms with Gasteiger partial charge in [0.05, 0.1) is 23.3 Å². The molecule has 0 bridgehead atoms. The van der Waals surface area contributed by atoms with Crippen LogP contribution in [0.5, 0.6) is 0 Å². The van der Waals surface area contributed by atoms with Crippen LogP contribution in [0.4, 0.5) is 5.69 Å². The van der Waals surface area contributed by atoms with E-state index in [2.05, 4.69) is 35.0 Å². The second-order valence-electron chi connectivity index (χ2n) is 9.95. The number of aliphatic imine (C=N–C) groups is 1. The summed E-state index contributed by atoms with van der Waals surface area (Å²) in [4.78, 5) is 33.1. The number of amidine groups is 1. The van der Waals surface area contributed by atoms with Crippen molar-refractivity contribution in [1.82, 2.24) is 9.47 Å². The number of carbonyl (C=O) groups excluding carboxylic acids is 2. The van der Waals surface area contributed by atoms with E-state index in [0.717, 1.165) is 34.1 Å². The van der Waals surface area contributed by atoms with Crippen molar-refractivity contribution in [2.45, 2.75) is 13.0 Å². The molecular weight excluding hydrogens is 542 g/mol. The molecule has 0 spiro atoms. The van der Waals surface area contributed by atoms with Crippen LogP contribution in [0, 0.1) is 0 Å². The molecule has 208 valence electrons. The van der Waals surface area contributed by atoms with Crippen LogP contribution in [-0.2, 0) is 22.5 Å². The molecule has 0 N–H and O–H groups in total. The molecule has 1 aliphatic rings. The number of amides is 1. The van der Waals surface area contributed by atoms with E-state index in [1.165, 1.54) is 24.4 Å². The zero-order chi connectivity index (χ0) is 28.9. The van der Waals surface area contributed by atoms with Crippen molar-refractivity contribution in [2.24, 2.45) is 4.99 Å². The van der Waals surface area contributed by atoms with Crippen molar-refractivity contribution in [2.75, 3.05) is 13.7 Å². The predicted molar refractivity (Wildman–Crippen MR) is 170 cm³/mol. The Morgan fingerprint density at radius 1 is 0.881 bits per heavy atom. The number of aromatic nitrogens is 1. The number of rotatable bonds is 8. The summed E-state index contributed by atoms with van der Waals surface area (Å²) < 4.78 is 7.04. The van der Waals surface area contributed by atoms with E-state index in [-0.39, 0.29) is 11.9 Å². The van der Waals surface area contributed by atoms with Crippen molar-refractivity contribution in [3.05, 3.63) is 143 Å². The summed E-state index contributed by atoms with van der Waals surface area (Å²) in [6.45, 7) is 1.11. The summed E-state index contributed by atoms with van der Waals surface area (Å²) in [6, 6.07) is 35.5. The number of ether oxygens (including phenoxy) is 1. The van der Waals surface area contributed by atoms with Gasteiger partial charge in [-0.15, -0.1) is 0 Å². The van der Waals surface area contributed by atoms with Crippen LogP contribution < -0.4 is 0 Å². The number of esters is 1. The molecule has 0 unspecified atom stereocenters. The normalized spacial score (nSPS) is 15.2. The van der Waals surface area contributed by atoms with Gasteiger partial charge in [-0.1, -0.05) is 78.9 Å². The van der Waals surface area contributed by atoms with Crippen molar-refractivity contribution in [3.8, 4) is 0 Å². The fourth-order valence-electron chi connectivity index (χ4n) is 5.06. The molecule has 7 heteroatoms. The third-order valence-electron chi connectivity index (χ3n) is 7.14. The highest BCUT2D eigenvalue weighted by Crippen LogP contribution is 2.36. The Bertz CT molecular complexity index is 1810. The van der Waals surface area contributed by atoms with Crippen molar-refractivity contribution in [3.63, 3.8) is 0 Å². The van der Waals surface area contributed by atoms with Crippen LogP contribution in [0.3, 0.4) is 0 Å². The first kappa shape index (κ1) is 27.3. The van der Waals surface area contributed by atoms with E-state index in [1.807, 2.05) is 84.9 Å². The number of carbonyl (C=O) groups is 2. The Labute approximate surface area is 249 Å². The average Bonchev–Trinajstić information content (AvgIpc) is 3.52. The molecule has 1 saturated heterocycles. The first-order valence-electron chi connectivity index (χ1n) is 13.7. The van der Waals surface area contributed by atoms with Crippen LogP contribution in [0.2, 0.25) is 0 Å². The summed E-state index contributed by atoms with van der Waals surface area (Å²) in [5.74, 6) is -0.408. The molecule has 6 rings (SSSR count). The molecule has 42 heavy (non-hydrogen) atoms. The van der Waals surface area contributed by atoms with Gasteiger partial charge in [-0.3, -0.25) is 9.69 Å². The number of fused-ring (bicyclic) bond motifs is 1. The first-order valence-corrected chi connectivity index (χ1v) is 14.5. The SMILES string of the molecule is COC(=O)c1cccc(Cn2cc(/C=C3\SC(=Nc4ccccc4)N(CCc4ccccc4)C3=O)c3ccccc32)c1. The number of nitrogens with zero attached hydrogens (tertiary/aromatic N) is 3. The van der Waals surface area contributed by atoms with Gasteiger partial charge in [-0.2, -0.15) is 0 Å². The van der Waals surface area contributed by atoms with E-state index >= 15 is 0 Å². The van der Waals surface area contributed by atoms with Gasteiger partial charge in [-0.05, 0) is 65.7 Å². The minimum absolute atomic E-state index is 0.0479. The molecule has 0 saturated carbocycles. The lowest BCUT2D eigenvalue weighted by Gasteiger charge is -2.15. The number of hydrogen-bond donors (Lipinski definition) is 0. The first-order chi connectivity index (χ1) is 20.6. The summed E-state index contributed by atoms with van der Waals surface area (Å²) in [6.07, 6.45) is 4.77. The van der Waals surface area contributed by atoms with E-state index in [4.69, 9.17) is 9.73 Å². The topological polar surface area (TPSA) is 63.9 Å².